The fraction of sp³-hybridized carbons (Fsp3) is 0.160. The van der Waals surface area contributed by atoms with E-state index in [9.17, 15) is 9.59 Å². The summed E-state index contributed by atoms with van der Waals surface area (Å²) in [5.74, 6) is 0.557. The van der Waals surface area contributed by atoms with Crippen molar-refractivity contribution in [3.05, 3.63) is 100 Å². The van der Waals surface area contributed by atoms with E-state index in [-0.39, 0.29) is 18.1 Å². The van der Waals surface area contributed by atoms with Crippen molar-refractivity contribution in [3.8, 4) is 5.75 Å². The van der Waals surface area contributed by atoms with Crippen molar-refractivity contribution in [3.63, 3.8) is 0 Å². The van der Waals surface area contributed by atoms with Crippen LogP contribution >= 0.6 is 0 Å². The second-order valence-corrected chi connectivity index (χ2v) is 7.51. The maximum absolute atomic E-state index is 13.2. The van der Waals surface area contributed by atoms with Crippen LogP contribution in [0.1, 0.15) is 16.7 Å². The van der Waals surface area contributed by atoms with Crippen LogP contribution in [0.2, 0.25) is 0 Å². The summed E-state index contributed by atoms with van der Waals surface area (Å²) < 4.78 is 5.34. The summed E-state index contributed by atoms with van der Waals surface area (Å²) in [6.45, 7) is 2.38. The van der Waals surface area contributed by atoms with E-state index >= 15 is 0 Å². The van der Waals surface area contributed by atoms with Crippen LogP contribution in [0.5, 0.6) is 5.75 Å². The van der Waals surface area contributed by atoms with Crippen molar-refractivity contribution in [1.82, 2.24) is 14.9 Å². The van der Waals surface area contributed by atoms with E-state index in [0.717, 1.165) is 22.0 Å². The zero-order valence-electron chi connectivity index (χ0n) is 18.0. The molecule has 0 atom stereocenters. The lowest BCUT2D eigenvalue weighted by Gasteiger charge is -2.24. The minimum Gasteiger partial charge on any atom is -0.495 e. The summed E-state index contributed by atoms with van der Waals surface area (Å²) in [7, 11) is 1.55. The molecule has 7 heteroatoms. The predicted molar refractivity (Wildman–Crippen MR) is 125 cm³/mol. The minimum absolute atomic E-state index is 0.134. The molecule has 162 valence electrons. The average Bonchev–Trinajstić information content (AvgIpc) is 2.81. The van der Waals surface area contributed by atoms with Gasteiger partial charge in [-0.25, -0.2) is 4.79 Å². The number of fused-ring (bicyclic) bond motifs is 1. The monoisotopic (exact) mass is 428 g/mol. The number of amides is 2. The Balaban J connectivity index is 1.66. The maximum atomic E-state index is 13.2. The first-order valence-corrected chi connectivity index (χ1v) is 10.2. The van der Waals surface area contributed by atoms with Crippen LogP contribution in [0, 0.1) is 6.92 Å². The number of urea groups is 1. The highest BCUT2D eigenvalue weighted by atomic mass is 16.5. The van der Waals surface area contributed by atoms with Crippen LogP contribution in [-0.2, 0) is 13.1 Å². The standard InChI is InChI=1S/C25H24N4O3/c1-17-7-5-9-19-13-20(24(30)28-23(17)19)16-29(15-18-8-6-12-26-14-18)25(31)27-21-10-3-4-11-22(21)32-2/h3-14H,15-16H2,1-2H3,(H,27,31)(H,28,30). The van der Waals surface area contributed by atoms with Crippen LogP contribution in [0.4, 0.5) is 10.5 Å². The fourth-order valence-corrected chi connectivity index (χ4v) is 3.61. The van der Waals surface area contributed by atoms with Gasteiger partial charge in [-0.1, -0.05) is 36.4 Å². The molecule has 0 fully saturated rings. The Morgan fingerprint density at radius 2 is 1.94 bits per heavy atom. The number of para-hydroxylation sites is 3. The van der Waals surface area contributed by atoms with Gasteiger partial charge in [0.15, 0.2) is 0 Å². The van der Waals surface area contributed by atoms with Gasteiger partial charge in [0.25, 0.3) is 5.56 Å². The van der Waals surface area contributed by atoms with Crippen LogP contribution in [0.15, 0.2) is 77.9 Å². The number of ether oxygens (including phenoxy) is 1. The van der Waals surface area contributed by atoms with E-state index in [4.69, 9.17) is 4.74 Å². The smallest absolute Gasteiger partial charge is 0.322 e. The summed E-state index contributed by atoms with van der Waals surface area (Å²) in [6, 6.07) is 18.2. The number of hydrogen-bond donors (Lipinski definition) is 2. The molecule has 0 spiro atoms. The number of aromatic nitrogens is 2. The quantitative estimate of drug-likeness (QED) is 0.474. The molecule has 0 saturated carbocycles. The molecule has 0 aliphatic heterocycles. The van der Waals surface area contributed by atoms with E-state index in [1.165, 1.54) is 0 Å². The summed E-state index contributed by atoms with van der Waals surface area (Å²) >= 11 is 0. The highest BCUT2D eigenvalue weighted by Gasteiger charge is 2.18. The molecule has 0 bridgehead atoms. The number of nitrogens with one attached hydrogen (secondary N) is 2. The van der Waals surface area contributed by atoms with Gasteiger partial charge >= 0.3 is 6.03 Å². The summed E-state index contributed by atoms with van der Waals surface area (Å²) in [4.78, 5) is 34.7. The second-order valence-electron chi connectivity index (χ2n) is 7.51. The van der Waals surface area contributed by atoms with Crippen LogP contribution in [0.3, 0.4) is 0 Å². The number of aromatic amines is 1. The zero-order chi connectivity index (χ0) is 22.5. The van der Waals surface area contributed by atoms with E-state index in [1.807, 2.05) is 55.5 Å². The highest BCUT2D eigenvalue weighted by Crippen LogP contribution is 2.24. The van der Waals surface area contributed by atoms with Crippen molar-refractivity contribution in [2.24, 2.45) is 0 Å². The Kier molecular flexibility index (Phi) is 6.17. The first-order valence-electron chi connectivity index (χ1n) is 10.2. The topological polar surface area (TPSA) is 87.3 Å². The third-order valence-electron chi connectivity index (χ3n) is 5.26. The molecule has 2 N–H and O–H groups in total. The summed E-state index contributed by atoms with van der Waals surface area (Å²) in [5.41, 5.74) is 3.50. The lowest BCUT2D eigenvalue weighted by atomic mass is 10.1. The molecule has 2 heterocycles. The average molecular weight is 428 g/mol. The van der Waals surface area contributed by atoms with Gasteiger partial charge in [0.05, 0.1) is 24.9 Å². The first-order chi connectivity index (χ1) is 15.5. The van der Waals surface area contributed by atoms with Gasteiger partial charge in [-0.2, -0.15) is 0 Å². The molecular weight excluding hydrogens is 404 g/mol. The van der Waals surface area contributed by atoms with Gasteiger partial charge in [0.1, 0.15) is 5.75 Å². The zero-order valence-corrected chi connectivity index (χ0v) is 18.0. The van der Waals surface area contributed by atoms with Crippen LogP contribution in [0.25, 0.3) is 10.9 Å². The molecule has 0 aliphatic carbocycles. The Morgan fingerprint density at radius 3 is 2.72 bits per heavy atom. The number of carbonyl (C=O) groups excluding carboxylic acids is 1. The van der Waals surface area contributed by atoms with Crippen LogP contribution in [-0.4, -0.2) is 28.0 Å². The third-order valence-corrected chi connectivity index (χ3v) is 5.26. The molecule has 0 unspecified atom stereocenters. The number of pyridine rings is 2. The molecule has 4 aromatic rings. The maximum Gasteiger partial charge on any atom is 0.322 e. The van der Waals surface area contributed by atoms with Gasteiger partial charge in [-0.05, 0) is 47.7 Å². The Morgan fingerprint density at radius 1 is 1.09 bits per heavy atom. The molecule has 32 heavy (non-hydrogen) atoms. The second kappa shape index (κ2) is 9.34. The molecule has 0 radical (unpaired) electrons. The number of H-pyrrole nitrogens is 1. The van der Waals surface area contributed by atoms with Crippen molar-refractivity contribution < 1.29 is 9.53 Å². The number of anilines is 1. The van der Waals surface area contributed by atoms with Gasteiger partial charge in [-0.15, -0.1) is 0 Å². The normalized spacial score (nSPS) is 10.7. The van der Waals surface area contributed by atoms with Gasteiger partial charge in [0, 0.05) is 24.5 Å². The van der Waals surface area contributed by atoms with Crippen molar-refractivity contribution in [2.45, 2.75) is 20.0 Å². The van der Waals surface area contributed by atoms with E-state index in [0.29, 0.717) is 23.5 Å². The molecule has 2 aromatic carbocycles. The molecule has 2 aromatic heterocycles. The Labute approximate surface area is 185 Å². The largest absolute Gasteiger partial charge is 0.495 e. The highest BCUT2D eigenvalue weighted by molar-refractivity contribution is 5.91. The molecule has 2 amide bonds. The Bertz CT molecular complexity index is 1300. The number of carbonyl (C=O) groups is 1. The van der Waals surface area contributed by atoms with Crippen molar-refractivity contribution >= 4 is 22.6 Å². The Hall–Kier alpha value is -4.13. The number of methoxy groups -OCH3 is 1. The lowest BCUT2D eigenvalue weighted by molar-refractivity contribution is 0.206. The van der Waals surface area contributed by atoms with Gasteiger partial charge < -0.3 is 19.9 Å². The van der Waals surface area contributed by atoms with Gasteiger partial charge in [0.2, 0.25) is 0 Å². The van der Waals surface area contributed by atoms with Crippen molar-refractivity contribution in [1.29, 1.82) is 0 Å². The summed E-state index contributed by atoms with van der Waals surface area (Å²) in [6.07, 6.45) is 3.39. The first kappa shape index (κ1) is 21.1. The third kappa shape index (κ3) is 4.62. The molecule has 7 nitrogen and oxygen atoms in total. The van der Waals surface area contributed by atoms with Crippen LogP contribution < -0.4 is 15.6 Å². The molecule has 0 saturated heterocycles. The number of aryl methyl sites for hydroxylation is 1. The number of hydrogen-bond acceptors (Lipinski definition) is 4. The molecule has 0 aliphatic rings. The minimum atomic E-state index is -0.345. The molecular formula is C25H24N4O3. The van der Waals surface area contributed by atoms with E-state index < -0.39 is 0 Å². The molecule has 4 rings (SSSR count). The lowest BCUT2D eigenvalue weighted by Crippen LogP contribution is -2.35. The summed E-state index contributed by atoms with van der Waals surface area (Å²) in [5, 5.41) is 3.82. The van der Waals surface area contributed by atoms with Crippen molar-refractivity contribution in [2.75, 3.05) is 12.4 Å². The fourth-order valence-electron chi connectivity index (χ4n) is 3.61. The van der Waals surface area contributed by atoms with E-state index in [1.54, 1.807) is 36.5 Å². The number of benzene rings is 2. The van der Waals surface area contributed by atoms with E-state index in [2.05, 4.69) is 15.3 Å². The SMILES string of the molecule is COc1ccccc1NC(=O)N(Cc1cccnc1)Cc1cc2cccc(C)c2[nH]c1=O. The number of rotatable bonds is 6. The predicted octanol–water partition coefficient (Wildman–Crippen LogP) is 4.47. The number of nitrogens with zero attached hydrogens (tertiary/aromatic N) is 2. The van der Waals surface area contributed by atoms with Gasteiger partial charge in [-0.3, -0.25) is 9.78 Å².